The Balaban J connectivity index is 2.14. The minimum atomic E-state index is 0.0243. The van der Waals surface area contributed by atoms with E-state index in [1.165, 1.54) is 0 Å². The number of piperidine rings is 1. The normalized spacial score (nSPS) is 16.1. The Morgan fingerprint density at radius 2 is 1.95 bits per heavy atom. The average Bonchev–Trinajstić information content (AvgIpc) is 2.47. The van der Waals surface area contributed by atoms with E-state index >= 15 is 0 Å². The van der Waals surface area contributed by atoms with Crippen molar-refractivity contribution in [3.63, 3.8) is 0 Å². The lowest BCUT2D eigenvalue weighted by atomic mass is 10.0. The number of carbonyl (C=O) groups excluding carboxylic acids is 1. The molecule has 0 unspecified atom stereocenters. The van der Waals surface area contributed by atoms with Gasteiger partial charge in [-0.2, -0.15) is 0 Å². The second kappa shape index (κ2) is 6.80. The van der Waals surface area contributed by atoms with Crippen molar-refractivity contribution in [2.45, 2.75) is 38.8 Å². The van der Waals surface area contributed by atoms with Crippen LogP contribution in [0.25, 0.3) is 0 Å². The van der Waals surface area contributed by atoms with Crippen molar-refractivity contribution in [1.29, 1.82) is 0 Å². The summed E-state index contributed by atoms with van der Waals surface area (Å²) in [6.07, 6.45) is 1.78. The van der Waals surface area contributed by atoms with E-state index in [0.29, 0.717) is 30.2 Å². The number of benzene rings is 1. The van der Waals surface area contributed by atoms with Crippen molar-refractivity contribution in [2.24, 2.45) is 5.73 Å². The van der Waals surface area contributed by atoms with Crippen LogP contribution in [0.15, 0.2) is 18.2 Å². The molecule has 1 fully saturated rings. The molecule has 1 aromatic carbocycles. The van der Waals surface area contributed by atoms with Gasteiger partial charge in [0.15, 0.2) is 11.5 Å². The second-order valence-corrected chi connectivity index (χ2v) is 5.66. The molecule has 1 aliphatic heterocycles. The van der Waals surface area contributed by atoms with Gasteiger partial charge in [0.2, 0.25) is 0 Å². The molecular formula is C16H24N2O3. The molecule has 1 aromatic rings. The molecule has 0 bridgehead atoms. The van der Waals surface area contributed by atoms with Gasteiger partial charge >= 0.3 is 0 Å². The summed E-state index contributed by atoms with van der Waals surface area (Å²) in [5.41, 5.74) is 6.50. The van der Waals surface area contributed by atoms with Crippen molar-refractivity contribution in [3.8, 4) is 11.5 Å². The number of likely N-dealkylation sites (tertiary alicyclic amines) is 1. The van der Waals surface area contributed by atoms with Crippen LogP contribution in [0.2, 0.25) is 0 Å². The van der Waals surface area contributed by atoms with Gasteiger partial charge in [-0.15, -0.1) is 0 Å². The van der Waals surface area contributed by atoms with Gasteiger partial charge in [0.25, 0.3) is 5.91 Å². The first-order valence-electron chi connectivity index (χ1n) is 7.40. The zero-order chi connectivity index (χ0) is 15.4. The summed E-state index contributed by atoms with van der Waals surface area (Å²) >= 11 is 0. The monoisotopic (exact) mass is 292 g/mol. The predicted octanol–water partition coefficient (Wildman–Crippen LogP) is 2.05. The van der Waals surface area contributed by atoms with Crippen molar-refractivity contribution in [3.05, 3.63) is 23.8 Å². The molecule has 2 rings (SSSR count). The zero-order valence-electron chi connectivity index (χ0n) is 13.0. The second-order valence-electron chi connectivity index (χ2n) is 5.66. The van der Waals surface area contributed by atoms with Crippen LogP contribution in [-0.4, -0.2) is 43.2 Å². The molecule has 2 N–H and O–H groups in total. The Labute approximate surface area is 126 Å². The third kappa shape index (κ3) is 3.88. The zero-order valence-corrected chi connectivity index (χ0v) is 13.0. The van der Waals surface area contributed by atoms with Crippen LogP contribution in [0.1, 0.15) is 37.0 Å². The summed E-state index contributed by atoms with van der Waals surface area (Å²) in [5.74, 6) is 1.27. The summed E-state index contributed by atoms with van der Waals surface area (Å²) in [7, 11) is 1.58. The number of nitrogens with two attached hydrogens (primary N) is 1. The fourth-order valence-electron chi connectivity index (χ4n) is 2.44. The van der Waals surface area contributed by atoms with Gasteiger partial charge in [0, 0.05) is 24.7 Å². The molecule has 1 amide bonds. The van der Waals surface area contributed by atoms with Gasteiger partial charge in [0.05, 0.1) is 13.2 Å². The van der Waals surface area contributed by atoms with Gasteiger partial charge in [0.1, 0.15) is 0 Å². The minimum Gasteiger partial charge on any atom is -0.493 e. The summed E-state index contributed by atoms with van der Waals surface area (Å²) in [6, 6.07) is 5.54. The quantitative estimate of drug-likeness (QED) is 0.922. The highest BCUT2D eigenvalue weighted by Crippen LogP contribution is 2.29. The molecule has 0 radical (unpaired) electrons. The lowest BCUT2D eigenvalue weighted by molar-refractivity contribution is 0.0714. The largest absolute Gasteiger partial charge is 0.493 e. The third-order valence-corrected chi connectivity index (χ3v) is 3.60. The van der Waals surface area contributed by atoms with Crippen LogP contribution >= 0.6 is 0 Å². The van der Waals surface area contributed by atoms with Crippen LogP contribution in [0, 0.1) is 0 Å². The first kappa shape index (κ1) is 15.6. The summed E-state index contributed by atoms with van der Waals surface area (Å²) in [6.45, 7) is 5.34. The van der Waals surface area contributed by atoms with E-state index < -0.39 is 0 Å². The first-order valence-corrected chi connectivity index (χ1v) is 7.40. The predicted molar refractivity (Wildman–Crippen MR) is 81.9 cm³/mol. The van der Waals surface area contributed by atoms with E-state index in [9.17, 15) is 4.79 Å². The van der Waals surface area contributed by atoms with E-state index in [1.807, 2.05) is 18.7 Å². The SMILES string of the molecule is COc1cc(C(=O)N2CCC(N)CC2)ccc1OC(C)C. The molecule has 21 heavy (non-hydrogen) atoms. The van der Waals surface area contributed by atoms with E-state index in [0.717, 1.165) is 12.8 Å². The number of amides is 1. The van der Waals surface area contributed by atoms with Gasteiger partial charge in [-0.1, -0.05) is 0 Å². The molecule has 0 saturated carbocycles. The summed E-state index contributed by atoms with van der Waals surface area (Å²) in [4.78, 5) is 14.3. The lowest BCUT2D eigenvalue weighted by Crippen LogP contribution is -2.42. The van der Waals surface area contributed by atoms with Gasteiger partial charge < -0.3 is 20.1 Å². The van der Waals surface area contributed by atoms with Gasteiger partial charge in [-0.25, -0.2) is 0 Å². The number of methoxy groups -OCH3 is 1. The molecule has 5 nitrogen and oxygen atoms in total. The molecule has 1 heterocycles. The molecule has 0 aliphatic carbocycles. The topological polar surface area (TPSA) is 64.8 Å². The smallest absolute Gasteiger partial charge is 0.253 e. The standard InChI is InChI=1S/C16H24N2O3/c1-11(2)21-14-5-4-12(10-15(14)20-3)16(19)18-8-6-13(17)7-9-18/h4-5,10-11,13H,6-9,17H2,1-3H3. The molecule has 1 saturated heterocycles. The Hall–Kier alpha value is -1.75. The van der Waals surface area contributed by atoms with E-state index in [-0.39, 0.29) is 18.1 Å². The average molecular weight is 292 g/mol. The summed E-state index contributed by atoms with van der Waals surface area (Å²) < 4.78 is 11.0. The highest BCUT2D eigenvalue weighted by molar-refractivity contribution is 5.95. The van der Waals surface area contributed by atoms with Gasteiger partial charge in [-0.3, -0.25) is 4.79 Å². The molecular weight excluding hydrogens is 268 g/mol. The molecule has 0 spiro atoms. The number of hydrogen-bond donors (Lipinski definition) is 1. The fourth-order valence-corrected chi connectivity index (χ4v) is 2.44. The van der Waals surface area contributed by atoms with Crippen molar-refractivity contribution in [2.75, 3.05) is 20.2 Å². The fraction of sp³-hybridized carbons (Fsp3) is 0.562. The van der Waals surface area contributed by atoms with Crippen LogP contribution < -0.4 is 15.2 Å². The third-order valence-electron chi connectivity index (χ3n) is 3.60. The highest BCUT2D eigenvalue weighted by Gasteiger charge is 2.22. The van der Waals surface area contributed by atoms with Gasteiger partial charge in [-0.05, 0) is 44.9 Å². The van der Waals surface area contributed by atoms with Crippen LogP contribution in [0.3, 0.4) is 0 Å². The van der Waals surface area contributed by atoms with E-state index in [1.54, 1.807) is 25.3 Å². The number of rotatable bonds is 4. The first-order chi connectivity index (χ1) is 10.0. The van der Waals surface area contributed by atoms with Crippen LogP contribution in [0.4, 0.5) is 0 Å². The Morgan fingerprint density at radius 3 is 2.52 bits per heavy atom. The van der Waals surface area contributed by atoms with Crippen LogP contribution in [0.5, 0.6) is 11.5 Å². The van der Waals surface area contributed by atoms with Crippen molar-refractivity contribution >= 4 is 5.91 Å². The Bertz CT molecular complexity index is 494. The van der Waals surface area contributed by atoms with Crippen molar-refractivity contribution < 1.29 is 14.3 Å². The van der Waals surface area contributed by atoms with E-state index in [2.05, 4.69) is 0 Å². The van der Waals surface area contributed by atoms with E-state index in [4.69, 9.17) is 15.2 Å². The number of carbonyl (C=O) groups is 1. The summed E-state index contributed by atoms with van der Waals surface area (Å²) in [5, 5.41) is 0. The van der Waals surface area contributed by atoms with Crippen LogP contribution in [-0.2, 0) is 0 Å². The minimum absolute atomic E-state index is 0.0243. The molecule has 5 heteroatoms. The lowest BCUT2D eigenvalue weighted by Gasteiger charge is -2.30. The molecule has 116 valence electrons. The highest BCUT2D eigenvalue weighted by atomic mass is 16.5. The molecule has 1 aliphatic rings. The number of nitrogens with zero attached hydrogens (tertiary/aromatic N) is 1. The molecule has 0 atom stereocenters. The van der Waals surface area contributed by atoms with Crippen molar-refractivity contribution in [1.82, 2.24) is 4.90 Å². The maximum Gasteiger partial charge on any atom is 0.253 e. The number of ether oxygens (including phenoxy) is 2. The maximum absolute atomic E-state index is 12.5. The maximum atomic E-state index is 12.5. The molecule has 0 aromatic heterocycles. The number of hydrogen-bond acceptors (Lipinski definition) is 4. The Kier molecular flexibility index (Phi) is 5.07. The Morgan fingerprint density at radius 1 is 1.29 bits per heavy atom.